The lowest BCUT2D eigenvalue weighted by Gasteiger charge is -2.45. The fourth-order valence-corrected chi connectivity index (χ4v) is 4.26. The summed E-state index contributed by atoms with van der Waals surface area (Å²) in [5, 5.41) is 3.93. The van der Waals surface area contributed by atoms with Crippen molar-refractivity contribution in [3.63, 3.8) is 0 Å². The van der Waals surface area contributed by atoms with E-state index in [9.17, 15) is 13.6 Å². The van der Waals surface area contributed by atoms with Gasteiger partial charge in [-0.1, -0.05) is 5.16 Å². The van der Waals surface area contributed by atoms with Crippen LogP contribution in [0.15, 0.2) is 21.1 Å². The standard InChI is InChI=1S/C21H27F2N3O4/c1-4-28-11-15-8-21(22,23)12-26(15)16-9-25(10-16)20(27)19-6-5-17(29-19)7-18-13(2)24-30-14(18)3/h5-6,15-16H,4,7-12H2,1-3H3/t15-/m0/s1. The lowest BCUT2D eigenvalue weighted by Crippen LogP contribution is -2.62. The number of likely N-dealkylation sites (tertiary alicyclic amines) is 2. The Morgan fingerprint density at radius 2 is 2.10 bits per heavy atom. The van der Waals surface area contributed by atoms with Crippen LogP contribution in [-0.2, 0) is 11.2 Å². The predicted octanol–water partition coefficient (Wildman–Crippen LogP) is 3.05. The van der Waals surface area contributed by atoms with Gasteiger partial charge in [-0.25, -0.2) is 8.78 Å². The van der Waals surface area contributed by atoms with Crippen molar-refractivity contribution >= 4 is 5.91 Å². The Morgan fingerprint density at radius 3 is 2.77 bits per heavy atom. The summed E-state index contributed by atoms with van der Waals surface area (Å²) >= 11 is 0. The molecule has 2 aromatic rings. The minimum atomic E-state index is -2.71. The lowest BCUT2D eigenvalue weighted by atomic mass is 10.1. The average molecular weight is 423 g/mol. The third-order valence-corrected chi connectivity index (χ3v) is 5.95. The van der Waals surface area contributed by atoms with E-state index >= 15 is 0 Å². The molecule has 2 aliphatic heterocycles. The van der Waals surface area contributed by atoms with Crippen molar-refractivity contribution in [3.05, 3.63) is 40.7 Å². The van der Waals surface area contributed by atoms with E-state index in [1.54, 1.807) is 21.9 Å². The number of aromatic nitrogens is 1. The van der Waals surface area contributed by atoms with Crippen molar-refractivity contribution in [1.82, 2.24) is 15.0 Å². The van der Waals surface area contributed by atoms with Crippen molar-refractivity contribution < 1.29 is 27.3 Å². The number of carbonyl (C=O) groups is 1. The first-order valence-corrected chi connectivity index (χ1v) is 10.3. The summed E-state index contributed by atoms with van der Waals surface area (Å²) in [6.07, 6.45) is 0.305. The quantitative estimate of drug-likeness (QED) is 0.682. The number of nitrogens with zero attached hydrogens (tertiary/aromatic N) is 3. The number of furan rings is 1. The summed E-state index contributed by atoms with van der Waals surface area (Å²) in [4.78, 5) is 16.2. The molecule has 9 heteroatoms. The predicted molar refractivity (Wildman–Crippen MR) is 104 cm³/mol. The van der Waals surface area contributed by atoms with E-state index in [-0.39, 0.29) is 36.7 Å². The highest BCUT2D eigenvalue weighted by atomic mass is 19.3. The molecule has 0 spiro atoms. The molecule has 0 unspecified atom stereocenters. The number of rotatable bonds is 7. The Labute approximate surface area is 173 Å². The van der Waals surface area contributed by atoms with E-state index in [4.69, 9.17) is 13.7 Å². The molecule has 0 bridgehead atoms. The molecule has 1 amide bonds. The molecule has 30 heavy (non-hydrogen) atoms. The number of hydrogen-bond acceptors (Lipinski definition) is 6. The van der Waals surface area contributed by atoms with Crippen molar-refractivity contribution in [2.24, 2.45) is 0 Å². The molecule has 0 saturated carbocycles. The second kappa shape index (κ2) is 8.11. The van der Waals surface area contributed by atoms with Gasteiger partial charge in [-0.15, -0.1) is 0 Å². The molecule has 7 nitrogen and oxygen atoms in total. The van der Waals surface area contributed by atoms with E-state index in [0.29, 0.717) is 38.5 Å². The van der Waals surface area contributed by atoms with Crippen LogP contribution in [0.4, 0.5) is 8.78 Å². The van der Waals surface area contributed by atoms with E-state index in [1.807, 2.05) is 20.8 Å². The zero-order valence-electron chi connectivity index (χ0n) is 17.5. The van der Waals surface area contributed by atoms with Crippen molar-refractivity contribution in [1.29, 1.82) is 0 Å². The first-order chi connectivity index (χ1) is 14.3. The maximum absolute atomic E-state index is 13.9. The summed E-state index contributed by atoms with van der Waals surface area (Å²) in [5.74, 6) is -1.29. The smallest absolute Gasteiger partial charge is 0.289 e. The van der Waals surface area contributed by atoms with Crippen LogP contribution in [0, 0.1) is 13.8 Å². The van der Waals surface area contributed by atoms with Crippen LogP contribution < -0.4 is 0 Å². The molecule has 2 aromatic heterocycles. The maximum atomic E-state index is 13.9. The molecule has 0 N–H and O–H groups in total. The molecule has 0 aliphatic carbocycles. The monoisotopic (exact) mass is 423 g/mol. The first kappa shape index (κ1) is 21.0. The molecule has 164 valence electrons. The van der Waals surface area contributed by atoms with Crippen molar-refractivity contribution in [3.8, 4) is 0 Å². The Morgan fingerprint density at radius 1 is 1.33 bits per heavy atom. The zero-order valence-corrected chi connectivity index (χ0v) is 17.5. The number of aryl methyl sites for hydroxylation is 2. The van der Waals surface area contributed by atoms with Gasteiger partial charge < -0.3 is 18.6 Å². The minimum Gasteiger partial charge on any atom is -0.456 e. The highest BCUT2D eigenvalue weighted by molar-refractivity contribution is 5.92. The number of hydrogen-bond donors (Lipinski definition) is 0. The second-order valence-corrected chi connectivity index (χ2v) is 8.16. The van der Waals surface area contributed by atoms with Crippen LogP contribution in [0.25, 0.3) is 0 Å². The van der Waals surface area contributed by atoms with E-state index in [2.05, 4.69) is 5.16 Å². The largest absolute Gasteiger partial charge is 0.456 e. The van der Waals surface area contributed by atoms with Gasteiger partial charge in [0.15, 0.2) is 5.76 Å². The van der Waals surface area contributed by atoms with Crippen molar-refractivity contribution in [2.45, 2.75) is 51.6 Å². The molecule has 2 aliphatic rings. The molecule has 2 fully saturated rings. The van der Waals surface area contributed by atoms with Crippen molar-refractivity contribution in [2.75, 3.05) is 32.8 Å². The van der Waals surface area contributed by atoms with Crippen LogP contribution in [0.3, 0.4) is 0 Å². The fourth-order valence-electron chi connectivity index (χ4n) is 4.26. The summed E-state index contributed by atoms with van der Waals surface area (Å²) in [6.45, 7) is 6.89. The molecule has 2 saturated heterocycles. The molecule has 4 rings (SSSR count). The molecule has 4 heterocycles. The van der Waals surface area contributed by atoms with Gasteiger partial charge in [0.25, 0.3) is 11.8 Å². The summed E-state index contributed by atoms with van der Waals surface area (Å²) in [5.41, 5.74) is 1.74. The van der Waals surface area contributed by atoms with Crippen LogP contribution in [-0.4, -0.2) is 71.7 Å². The number of ether oxygens (including phenoxy) is 1. The van der Waals surface area contributed by atoms with Gasteiger partial charge in [0.2, 0.25) is 0 Å². The topological polar surface area (TPSA) is 72.0 Å². The van der Waals surface area contributed by atoms with Gasteiger partial charge in [0.05, 0.1) is 18.8 Å². The Bertz CT molecular complexity index is 884. The van der Waals surface area contributed by atoms with Crippen LogP contribution >= 0.6 is 0 Å². The second-order valence-electron chi connectivity index (χ2n) is 8.16. The number of amides is 1. The summed E-state index contributed by atoms with van der Waals surface area (Å²) in [7, 11) is 0. The highest BCUT2D eigenvalue weighted by Gasteiger charge is 2.50. The normalized spacial score (nSPS) is 21.9. The SMILES string of the molecule is CCOC[C@@H]1CC(F)(F)CN1C1CN(C(=O)c2ccc(Cc3c(C)noc3C)o2)C1. The number of carbonyl (C=O) groups excluding carboxylic acids is 1. The number of halogens is 2. The lowest BCUT2D eigenvalue weighted by molar-refractivity contribution is -0.0156. The Balaban J connectivity index is 1.35. The van der Waals surface area contributed by atoms with Gasteiger partial charge in [0.1, 0.15) is 11.5 Å². The van der Waals surface area contributed by atoms with Gasteiger partial charge in [-0.2, -0.15) is 0 Å². The van der Waals surface area contributed by atoms with Gasteiger partial charge >= 0.3 is 0 Å². The van der Waals surface area contributed by atoms with Crippen LogP contribution in [0.1, 0.15) is 46.7 Å². The molecule has 0 radical (unpaired) electrons. The zero-order chi connectivity index (χ0) is 21.5. The third-order valence-electron chi connectivity index (χ3n) is 5.95. The van der Waals surface area contributed by atoms with E-state index < -0.39 is 5.92 Å². The number of alkyl halides is 2. The third kappa shape index (κ3) is 4.13. The summed E-state index contributed by atoms with van der Waals surface area (Å²) in [6, 6.07) is 3.04. The Hall–Kier alpha value is -2.26. The fraction of sp³-hybridized carbons (Fsp3) is 0.619. The van der Waals surface area contributed by atoms with Gasteiger partial charge in [-0.3, -0.25) is 9.69 Å². The Kier molecular flexibility index (Phi) is 5.67. The maximum Gasteiger partial charge on any atom is 0.289 e. The highest BCUT2D eigenvalue weighted by Crippen LogP contribution is 2.36. The molecule has 1 atom stereocenters. The first-order valence-electron chi connectivity index (χ1n) is 10.3. The van der Waals surface area contributed by atoms with Gasteiger partial charge in [0, 0.05) is 50.2 Å². The summed E-state index contributed by atoms with van der Waals surface area (Å²) < 4.78 is 44.1. The molecular weight excluding hydrogens is 396 g/mol. The van der Waals surface area contributed by atoms with E-state index in [1.165, 1.54) is 0 Å². The molecule has 0 aromatic carbocycles. The van der Waals surface area contributed by atoms with Crippen LogP contribution in [0.2, 0.25) is 0 Å². The molecular formula is C21H27F2N3O4. The minimum absolute atomic E-state index is 0.0792. The van der Waals surface area contributed by atoms with Gasteiger partial charge in [-0.05, 0) is 32.9 Å². The van der Waals surface area contributed by atoms with E-state index in [0.717, 1.165) is 17.0 Å². The van der Waals surface area contributed by atoms with Crippen LogP contribution in [0.5, 0.6) is 0 Å². The average Bonchev–Trinajstić information content (AvgIpc) is 3.33.